The van der Waals surface area contributed by atoms with Crippen molar-refractivity contribution in [2.24, 2.45) is 0 Å². The van der Waals surface area contributed by atoms with Crippen LogP contribution in [-0.2, 0) is 23.0 Å². The van der Waals surface area contributed by atoms with E-state index >= 15 is 0 Å². The van der Waals surface area contributed by atoms with Crippen LogP contribution < -0.4 is 9.46 Å². The third-order valence-corrected chi connectivity index (χ3v) is 5.13. The lowest BCUT2D eigenvalue weighted by molar-refractivity contribution is 0.402. The Morgan fingerprint density at radius 2 is 2.05 bits per heavy atom. The molecule has 0 atom stereocenters. The number of ether oxygens (including phenoxy) is 1. The van der Waals surface area contributed by atoms with Crippen molar-refractivity contribution < 1.29 is 13.2 Å². The van der Waals surface area contributed by atoms with Crippen LogP contribution in [-0.4, -0.2) is 15.5 Å². The minimum absolute atomic E-state index is 0.189. The van der Waals surface area contributed by atoms with Crippen LogP contribution in [0, 0.1) is 0 Å². The molecule has 0 aliphatic heterocycles. The summed E-state index contributed by atoms with van der Waals surface area (Å²) < 4.78 is 32.5. The largest absolute Gasteiger partial charge is 0.495 e. The van der Waals surface area contributed by atoms with E-state index in [1.54, 1.807) is 23.5 Å². The second-order valence-electron chi connectivity index (χ2n) is 4.29. The van der Waals surface area contributed by atoms with E-state index in [9.17, 15) is 8.42 Å². The molecule has 0 aliphatic carbocycles. The summed E-state index contributed by atoms with van der Waals surface area (Å²) in [6.45, 7) is 2.27. The fraction of sp³-hybridized carbons (Fsp3) is 0.286. The van der Waals surface area contributed by atoms with E-state index in [1.165, 1.54) is 7.11 Å². The van der Waals surface area contributed by atoms with Crippen molar-refractivity contribution in [2.75, 3.05) is 7.11 Å². The van der Waals surface area contributed by atoms with Gasteiger partial charge >= 0.3 is 0 Å². The van der Waals surface area contributed by atoms with Crippen molar-refractivity contribution in [2.45, 2.75) is 24.8 Å². The summed E-state index contributed by atoms with van der Waals surface area (Å²) in [6, 6.07) is 7.12. The molecule has 1 N–H and O–H groups in total. The average molecular weight is 311 g/mol. The topological polar surface area (TPSA) is 55.4 Å². The summed E-state index contributed by atoms with van der Waals surface area (Å²) in [6.07, 6.45) is 0.775. The molecule has 108 valence electrons. The van der Waals surface area contributed by atoms with Crippen LogP contribution in [0.4, 0.5) is 0 Å². The number of aryl methyl sites for hydroxylation is 1. The first kappa shape index (κ1) is 15.0. The number of nitrogens with one attached hydrogen (secondary N) is 1. The highest BCUT2D eigenvalue weighted by Gasteiger charge is 2.19. The SMILES string of the molecule is CCc1ccc(OC)c(S(=O)(=O)NCc2ccsc2)c1. The van der Waals surface area contributed by atoms with Gasteiger partial charge in [-0.15, -0.1) is 0 Å². The summed E-state index contributed by atoms with van der Waals surface area (Å²) in [5.74, 6) is 0.361. The molecule has 1 heterocycles. The summed E-state index contributed by atoms with van der Waals surface area (Å²) in [7, 11) is -2.11. The zero-order valence-corrected chi connectivity index (χ0v) is 13.1. The molecule has 0 amide bonds. The van der Waals surface area contributed by atoms with Gasteiger partial charge in [-0.1, -0.05) is 13.0 Å². The van der Waals surface area contributed by atoms with Crippen LogP contribution in [0.3, 0.4) is 0 Å². The number of benzene rings is 1. The number of hydrogen-bond acceptors (Lipinski definition) is 4. The Morgan fingerprint density at radius 3 is 2.65 bits per heavy atom. The van der Waals surface area contributed by atoms with Gasteiger partial charge in [0.15, 0.2) is 0 Å². The maximum absolute atomic E-state index is 12.4. The maximum Gasteiger partial charge on any atom is 0.244 e. The van der Waals surface area contributed by atoms with E-state index in [-0.39, 0.29) is 11.4 Å². The fourth-order valence-corrected chi connectivity index (χ4v) is 3.70. The monoisotopic (exact) mass is 311 g/mol. The minimum Gasteiger partial charge on any atom is -0.495 e. The smallest absolute Gasteiger partial charge is 0.244 e. The zero-order chi connectivity index (χ0) is 14.6. The molecular weight excluding hydrogens is 294 g/mol. The molecule has 0 fully saturated rings. The molecule has 0 radical (unpaired) electrons. The predicted molar refractivity (Wildman–Crippen MR) is 80.7 cm³/mol. The van der Waals surface area contributed by atoms with Gasteiger partial charge in [-0.3, -0.25) is 0 Å². The molecule has 0 saturated heterocycles. The molecule has 20 heavy (non-hydrogen) atoms. The van der Waals surface area contributed by atoms with Gasteiger partial charge in [-0.25, -0.2) is 13.1 Å². The van der Waals surface area contributed by atoms with E-state index < -0.39 is 10.0 Å². The van der Waals surface area contributed by atoms with Crippen molar-refractivity contribution in [3.63, 3.8) is 0 Å². The first-order valence-corrected chi connectivity index (χ1v) is 8.67. The molecule has 0 spiro atoms. The van der Waals surface area contributed by atoms with Crippen LogP contribution in [0.15, 0.2) is 39.9 Å². The molecule has 4 nitrogen and oxygen atoms in total. The molecule has 0 bridgehead atoms. The predicted octanol–water partition coefficient (Wildman–Crippen LogP) is 2.80. The Morgan fingerprint density at radius 1 is 1.25 bits per heavy atom. The maximum atomic E-state index is 12.4. The quantitative estimate of drug-likeness (QED) is 0.892. The van der Waals surface area contributed by atoms with Gasteiger partial charge in [0.05, 0.1) is 7.11 Å². The Kier molecular flexibility index (Phi) is 4.80. The average Bonchev–Trinajstić information content (AvgIpc) is 2.98. The van der Waals surface area contributed by atoms with Gasteiger partial charge in [-0.05, 0) is 46.5 Å². The zero-order valence-electron chi connectivity index (χ0n) is 11.4. The highest BCUT2D eigenvalue weighted by Crippen LogP contribution is 2.25. The summed E-state index contributed by atoms with van der Waals surface area (Å²) >= 11 is 1.54. The number of hydrogen-bond donors (Lipinski definition) is 1. The molecule has 1 aromatic carbocycles. The number of rotatable bonds is 6. The van der Waals surface area contributed by atoms with Crippen molar-refractivity contribution >= 4 is 21.4 Å². The van der Waals surface area contributed by atoms with E-state index in [4.69, 9.17) is 4.74 Å². The summed E-state index contributed by atoms with van der Waals surface area (Å²) in [4.78, 5) is 0.189. The molecule has 2 rings (SSSR count). The summed E-state index contributed by atoms with van der Waals surface area (Å²) in [5.41, 5.74) is 1.91. The normalized spacial score (nSPS) is 11.5. The lowest BCUT2D eigenvalue weighted by Gasteiger charge is -2.11. The van der Waals surface area contributed by atoms with Crippen molar-refractivity contribution in [3.8, 4) is 5.75 Å². The third-order valence-electron chi connectivity index (χ3n) is 2.97. The lowest BCUT2D eigenvalue weighted by Crippen LogP contribution is -2.23. The molecule has 0 unspecified atom stereocenters. The molecule has 0 aliphatic rings. The van der Waals surface area contributed by atoms with E-state index in [0.717, 1.165) is 17.5 Å². The van der Waals surface area contributed by atoms with Crippen molar-refractivity contribution in [1.82, 2.24) is 4.72 Å². The minimum atomic E-state index is -3.58. The first-order valence-electron chi connectivity index (χ1n) is 6.24. The second kappa shape index (κ2) is 6.39. The molecule has 0 saturated carbocycles. The summed E-state index contributed by atoms with van der Waals surface area (Å²) in [5, 5.41) is 3.84. The molecule has 1 aromatic heterocycles. The highest BCUT2D eigenvalue weighted by atomic mass is 32.2. The first-order chi connectivity index (χ1) is 9.56. The Labute approximate surface area is 123 Å². The standard InChI is InChI=1S/C14H17NO3S2/c1-3-11-4-5-13(18-2)14(8-11)20(16,17)15-9-12-6-7-19-10-12/h4-8,10,15H,3,9H2,1-2H3. The van der Waals surface area contributed by atoms with Gasteiger partial charge < -0.3 is 4.74 Å². The van der Waals surface area contributed by atoms with Crippen LogP contribution >= 0.6 is 11.3 Å². The molecule has 6 heteroatoms. The van der Waals surface area contributed by atoms with Crippen LogP contribution in [0.1, 0.15) is 18.1 Å². The van der Waals surface area contributed by atoms with Gasteiger partial charge in [0, 0.05) is 6.54 Å². The van der Waals surface area contributed by atoms with E-state index in [1.807, 2.05) is 29.8 Å². The third kappa shape index (κ3) is 3.39. The molecule has 2 aromatic rings. The van der Waals surface area contributed by atoms with Crippen LogP contribution in [0.25, 0.3) is 0 Å². The number of thiophene rings is 1. The van der Waals surface area contributed by atoms with Crippen molar-refractivity contribution in [3.05, 3.63) is 46.2 Å². The van der Waals surface area contributed by atoms with Gasteiger partial charge in [-0.2, -0.15) is 11.3 Å². The Bertz CT molecular complexity index is 664. The van der Waals surface area contributed by atoms with Gasteiger partial charge in [0.1, 0.15) is 10.6 Å². The fourth-order valence-electron chi connectivity index (χ4n) is 1.80. The molecular formula is C14H17NO3S2. The highest BCUT2D eigenvalue weighted by molar-refractivity contribution is 7.89. The Balaban J connectivity index is 2.28. The van der Waals surface area contributed by atoms with Crippen LogP contribution in [0.2, 0.25) is 0 Å². The van der Waals surface area contributed by atoms with Crippen molar-refractivity contribution in [1.29, 1.82) is 0 Å². The van der Waals surface area contributed by atoms with Gasteiger partial charge in [0.2, 0.25) is 10.0 Å². The lowest BCUT2D eigenvalue weighted by atomic mass is 10.2. The van der Waals surface area contributed by atoms with Crippen LogP contribution in [0.5, 0.6) is 5.75 Å². The second-order valence-corrected chi connectivity index (χ2v) is 6.81. The number of methoxy groups -OCH3 is 1. The number of sulfonamides is 1. The Hall–Kier alpha value is -1.37. The van der Waals surface area contributed by atoms with E-state index in [2.05, 4.69) is 4.72 Å². The van der Waals surface area contributed by atoms with E-state index in [0.29, 0.717) is 5.75 Å². The van der Waals surface area contributed by atoms with Gasteiger partial charge in [0.25, 0.3) is 0 Å².